The van der Waals surface area contributed by atoms with E-state index in [9.17, 15) is 9.90 Å². The summed E-state index contributed by atoms with van der Waals surface area (Å²) in [5.41, 5.74) is 3.50. The Hall–Kier alpha value is -2.24. The standard InChI is InChI=1S/C25H23Cl3N2O2/c1-16-5-10-22(21(28)13-16)30-12-11-29(15-23(30)17-6-8-19(26)9-7-17)25(32)24(31)18-3-2-4-20(27)14-18/h2-10,13-14,23-24,31H,11-12,15H2,1H3. The van der Waals surface area contributed by atoms with Crippen molar-refractivity contribution in [2.45, 2.75) is 19.1 Å². The second kappa shape index (κ2) is 9.72. The van der Waals surface area contributed by atoms with Gasteiger partial charge in [-0.2, -0.15) is 0 Å². The van der Waals surface area contributed by atoms with E-state index < -0.39 is 6.10 Å². The zero-order valence-electron chi connectivity index (χ0n) is 17.5. The van der Waals surface area contributed by atoms with Crippen LogP contribution in [0.1, 0.15) is 28.8 Å². The second-order valence-corrected chi connectivity index (χ2v) is 9.24. The summed E-state index contributed by atoms with van der Waals surface area (Å²) in [6.45, 7) is 3.44. The van der Waals surface area contributed by atoms with E-state index in [1.807, 2.05) is 49.4 Å². The zero-order chi connectivity index (χ0) is 22.8. The molecular weight excluding hydrogens is 467 g/mol. The summed E-state index contributed by atoms with van der Waals surface area (Å²) >= 11 is 18.7. The molecule has 0 radical (unpaired) electrons. The number of aliphatic hydroxyl groups is 1. The average Bonchev–Trinajstić information content (AvgIpc) is 2.78. The third-order valence-corrected chi connectivity index (χ3v) is 6.55. The number of hydrogen-bond acceptors (Lipinski definition) is 3. The number of rotatable bonds is 4. The van der Waals surface area contributed by atoms with Gasteiger partial charge in [0.1, 0.15) is 0 Å². The molecule has 2 unspecified atom stereocenters. The molecule has 1 N–H and O–H groups in total. The topological polar surface area (TPSA) is 43.8 Å². The summed E-state index contributed by atoms with van der Waals surface area (Å²) in [7, 11) is 0. The summed E-state index contributed by atoms with van der Waals surface area (Å²) in [6.07, 6.45) is -1.27. The molecule has 166 valence electrons. The Labute approximate surface area is 202 Å². The molecule has 1 fully saturated rings. The van der Waals surface area contributed by atoms with Crippen LogP contribution in [0.3, 0.4) is 0 Å². The average molecular weight is 490 g/mol. The molecule has 7 heteroatoms. The molecule has 1 heterocycles. The van der Waals surface area contributed by atoms with Crippen molar-refractivity contribution in [2.75, 3.05) is 24.5 Å². The number of hydrogen-bond donors (Lipinski definition) is 1. The van der Waals surface area contributed by atoms with Crippen molar-refractivity contribution in [3.8, 4) is 0 Å². The van der Waals surface area contributed by atoms with Gasteiger partial charge in [0, 0.05) is 29.7 Å². The molecule has 4 nitrogen and oxygen atoms in total. The lowest BCUT2D eigenvalue weighted by atomic mass is 10.00. The molecule has 0 aromatic heterocycles. The SMILES string of the molecule is Cc1ccc(N2CCN(C(=O)C(O)c3cccc(Cl)c3)CC2c2ccc(Cl)cc2)c(Cl)c1. The van der Waals surface area contributed by atoms with Crippen molar-refractivity contribution in [3.05, 3.63) is 98.5 Å². The fourth-order valence-corrected chi connectivity index (χ4v) is 4.75. The van der Waals surface area contributed by atoms with Gasteiger partial charge in [0.25, 0.3) is 5.91 Å². The summed E-state index contributed by atoms with van der Waals surface area (Å²) in [5.74, 6) is -0.346. The van der Waals surface area contributed by atoms with Gasteiger partial charge in [-0.25, -0.2) is 0 Å². The monoisotopic (exact) mass is 488 g/mol. The number of aryl methyl sites for hydroxylation is 1. The van der Waals surface area contributed by atoms with Crippen LogP contribution in [0.2, 0.25) is 15.1 Å². The summed E-state index contributed by atoms with van der Waals surface area (Å²) in [4.78, 5) is 17.1. The van der Waals surface area contributed by atoms with Gasteiger partial charge in [-0.1, -0.05) is 65.1 Å². The molecule has 1 amide bonds. The first kappa shape index (κ1) is 22.9. The first-order chi connectivity index (χ1) is 15.3. The molecule has 1 saturated heterocycles. The molecule has 0 spiro atoms. The lowest BCUT2D eigenvalue weighted by molar-refractivity contribution is -0.141. The van der Waals surface area contributed by atoms with E-state index >= 15 is 0 Å². The van der Waals surface area contributed by atoms with Crippen LogP contribution in [0.4, 0.5) is 5.69 Å². The van der Waals surface area contributed by atoms with Crippen molar-refractivity contribution >= 4 is 46.4 Å². The van der Waals surface area contributed by atoms with E-state index in [1.165, 1.54) is 0 Å². The number of aliphatic hydroxyl groups excluding tert-OH is 1. The van der Waals surface area contributed by atoms with Gasteiger partial charge in [0.2, 0.25) is 0 Å². The van der Waals surface area contributed by atoms with Gasteiger partial charge in [0.15, 0.2) is 6.10 Å². The number of halogens is 3. The van der Waals surface area contributed by atoms with Crippen LogP contribution in [0, 0.1) is 6.92 Å². The van der Waals surface area contributed by atoms with Crippen molar-refractivity contribution in [3.63, 3.8) is 0 Å². The summed E-state index contributed by atoms with van der Waals surface area (Å²) in [6, 6.07) is 20.2. The van der Waals surface area contributed by atoms with Crippen molar-refractivity contribution in [1.29, 1.82) is 0 Å². The van der Waals surface area contributed by atoms with Crippen LogP contribution in [0.15, 0.2) is 66.7 Å². The van der Waals surface area contributed by atoms with E-state index in [2.05, 4.69) is 4.90 Å². The molecule has 3 aromatic carbocycles. The Morgan fingerprint density at radius 1 is 0.969 bits per heavy atom. The number of amides is 1. The minimum Gasteiger partial charge on any atom is -0.378 e. The number of benzene rings is 3. The lowest BCUT2D eigenvalue weighted by Crippen LogP contribution is -2.51. The van der Waals surface area contributed by atoms with E-state index in [0.717, 1.165) is 16.8 Å². The second-order valence-electron chi connectivity index (χ2n) is 7.96. The molecule has 0 saturated carbocycles. The van der Waals surface area contributed by atoms with Gasteiger partial charge < -0.3 is 14.9 Å². The molecule has 3 aromatic rings. The predicted molar refractivity (Wildman–Crippen MR) is 131 cm³/mol. The Morgan fingerprint density at radius 3 is 2.41 bits per heavy atom. The minimum absolute atomic E-state index is 0.142. The molecule has 2 atom stereocenters. The van der Waals surface area contributed by atoms with Crippen LogP contribution in [-0.2, 0) is 4.79 Å². The third kappa shape index (κ3) is 4.89. The predicted octanol–water partition coefficient (Wildman–Crippen LogP) is 6.08. The summed E-state index contributed by atoms with van der Waals surface area (Å²) in [5, 5.41) is 12.5. The molecule has 4 rings (SSSR count). The Balaban J connectivity index is 1.64. The van der Waals surface area contributed by atoms with Crippen LogP contribution < -0.4 is 4.90 Å². The first-order valence-corrected chi connectivity index (χ1v) is 11.5. The molecule has 1 aliphatic heterocycles. The zero-order valence-corrected chi connectivity index (χ0v) is 19.8. The van der Waals surface area contributed by atoms with Gasteiger partial charge in [-0.05, 0) is 60.0 Å². The number of carbonyl (C=O) groups is 1. The van der Waals surface area contributed by atoms with Crippen molar-refractivity contribution in [2.24, 2.45) is 0 Å². The largest absolute Gasteiger partial charge is 0.378 e. The van der Waals surface area contributed by atoms with Crippen LogP contribution >= 0.6 is 34.8 Å². The van der Waals surface area contributed by atoms with Crippen molar-refractivity contribution < 1.29 is 9.90 Å². The fourth-order valence-electron chi connectivity index (χ4n) is 4.08. The number of anilines is 1. The quantitative estimate of drug-likeness (QED) is 0.483. The molecule has 0 aliphatic carbocycles. The summed E-state index contributed by atoms with van der Waals surface area (Å²) < 4.78 is 0. The maximum absolute atomic E-state index is 13.2. The van der Waals surface area contributed by atoms with Gasteiger partial charge >= 0.3 is 0 Å². The fraction of sp³-hybridized carbons (Fsp3) is 0.240. The number of piperazine rings is 1. The van der Waals surface area contributed by atoms with Crippen LogP contribution in [-0.4, -0.2) is 35.5 Å². The lowest BCUT2D eigenvalue weighted by Gasteiger charge is -2.44. The minimum atomic E-state index is -1.27. The molecule has 0 bridgehead atoms. The highest BCUT2D eigenvalue weighted by Gasteiger charge is 2.34. The van der Waals surface area contributed by atoms with Crippen molar-refractivity contribution in [1.82, 2.24) is 4.90 Å². The number of nitrogens with zero attached hydrogens (tertiary/aromatic N) is 2. The first-order valence-electron chi connectivity index (χ1n) is 10.3. The highest BCUT2D eigenvalue weighted by Crippen LogP contribution is 2.36. The van der Waals surface area contributed by atoms with Crippen LogP contribution in [0.25, 0.3) is 0 Å². The van der Waals surface area contributed by atoms with E-state index in [-0.39, 0.29) is 11.9 Å². The van der Waals surface area contributed by atoms with E-state index in [1.54, 1.807) is 29.2 Å². The Morgan fingerprint density at radius 2 is 1.72 bits per heavy atom. The Kier molecular flexibility index (Phi) is 6.96. The van der Waals surface area contributed by atoms with Gasteiger partial charge in [-0.15, -0.1) is 0 Å². The number of carbonyl (C=O) groups excluding carboxylic acids is 1. The van der Waals surface area contributed by atoms with Crippen LogP contribution in [0.5, 0.6) is 0 Å². The van der Waals surface area contributed by atoms with E-state index in [0.29, 0.717) is 40.3 Å². The van der Waals surface area contributed by atoms with E-state index in [4.69, 9.17) is 34.8 Å². The normalized spacial score (nSPS) is 17.3. The van der Waals surface area contributed by atoms with Gasteiger partial charge in [-0.3, -0.25) is 4.79 Å². The maximum atomic E-state index is 13.2. The smallest absolute Gasteiger partial charge is 0.256 e. The highest BCUT2D eigenvalue weighted by atomic mass is 35.5. The molecular formula is C25H23Cl3N2O2. The molecule has 32 heavy (non-hydrogen) atoms. The third-order valence-electron chi connectivity index (χ3n) is 5.76. The molecule has 1 aliphatic rings. The maximum Gasteiger partial charge on any atom is 0.256 e. The Bertz CT molecular complexity index is 1120. The highest BCUT2D eigenvalue weighted by molar-refractivity contribution is 6.33. The van der Waals surface area contributed by atoms with Gasteiger partial charge in [0.05, 0.1) is 16.8 Å².